The van der Waals surface area contributed by atoms with Crippen LogP contribution in [0.15, 0.2) is 6.20 Å². The Morgan fingerprint density at radius 3 is 3.09 bits per heavy atom. The number of carbonyl (C=O) groups excluding carboxylic acids is 1. The maximum atomic E-state index is 10.3. The quantitative estimate of drug-likeness (QED) is 0.647. The molecule has 0 aliphatic carbocycles. The van der Waals surface area contributed by atoms with Crippen molar-refractivity contribution >= 4 is 17.6 Å². The highest BCUT2D eigenvalue weighted by molar-refractivity contribution is 7.13. The van der Waals surface area contributed by atoms with Crippen LogP contribution in [0.2, 0.25) is 0 Å². The SMILES string of the molecule is CCCCc1ncc(C=O)s1. The number of aromatic nitrogens is 1. The molecule has 1 aromatic heterocycles. The van der Waals surface area contributed by atoms with Crippen LogP contribution in [0.1, 0.15) is 34.4 Å². The molecule has 0 fully saturated rings. The van der Waals surface area contributed by atoms with Crippen molar-refractivity contribution in [2.75, 3.05) is 0 Å². The summed E-state index contributed by atoms with van der Waals surface area (Å²) >= 11 is 1.49. The highest BCUT2D eigenvalue weighted by atomic mass is 32.1. The van der Waals surface area contributed by atoms with Crippen molar-refractivity contribution in [2.24, 2.45) is 0 Å². The van der Waals surface area contributed by atoms with E-state index in [0.717, 1.165) is 29.0 Å². The number of thiazole rings is 1. The third kappa shape index (κ3) is 2.42. The van der Waals surface area contributed by atoms with Crippen molar-refractivity contribution in [1.82, 2.24) is 4.98 Å². The summed E-state index contributed by atoms with van der Waals surface area (Å²) < 4.78 is 0. The first-order chi connectivity index (χ1) is 5.36. The highest BCUT2D eigenvalue weighted by Gasteiger charge is 1.98. The molecule has 1 rings (SSSR count). The molecule has 0 bridgehead atoms. The van der Waals surface area contributed by atoms with Crippen molar-refractivity contribution < 1.29 is 4.79 Å². The van der Waals surface area contributed by atoms with Crippen molar-refractivity contribution in [2.45, 2.75) is 26.2 Å². The number of hydrogen-bond acceptors (Lipinski definition) is 3. The van der Waals surface area contributed by atoms with Crippen LogP contribution in [0.4, 0.5) is 0 Å². The molecule has 0 amide bonds. The molecular formula is C8H11NOS. The van der Waals surface area contributed by atoms with E-state index in [9.17, 15) is 4.79 Å². The first-order valence-electron chi connectivity index (χ1n) is 3.76. The average molecular weight is 169 g/mol. The van der Waals surface area contributed by atoms with Gasteiger partial charge in [0.2, 0.25) is 0 Å². The van der Waals surface area contributed by atoms with Crippen molar-refractivity contribution in [3.05, 3.63) is 16.1 Å². The van der Waals surface area contributed by atoms with Crippen molar-refractivity contribution in [3.63, 3.8) is 0 Å². The van der Waals surface area contributed by atoms with E-state index in [0.29, 0.717) is 0 Å². The highest BCUT2D eigenvalue weighted by Crippen LogP contribution is 2.12. The number of aryl methyl sites for hydroxylation is 1. The van der Waals surface area contributed by atoms with Gasteiger partial charge in [-0.1, -0.05) is 13.3 Å². The second-order valence-corrected chi connectivity index (χ2v) is 3.52. The Morgan fingerprint density at radius 2 is 2.55 bits per heavy atom. The zero-order chi connectivity index (χ0) is 8.10. The predicted molar refractivity (Wildman–Crippen MR) is 46.1 cm³/mol. The summed E-state index contributed by atoms with van der Waals surface area (Å²) in [5.74, 6) is 0. The second kappa shape index (κ2) is 4.23. The smallest absolute Gasteiger partial charge is 0.161 e. The number of carbonyl (C=O) groups is 1. The lowest BCUT2D eigenvalue weighted by atomic mass is 10.3. The Labute approximate surface area is 70.3 Å². The molecule has 0 N–H and O–H groups in total. The number of aldehydes is 1. The molecule has 0 spiro atoms. The lowest BCUT2D eigenvalue weighted by Crippen LogP contribution is -1.80. The van der Waals surface area contributed by atoms with Gasteiger partial charge in [-0.05, 0) is 12.8 Å². The largest absolute Gasteiger partial charge is 0.297 e. The zero-order valence-corrected chi connectivity index (χ0v) is 7.36. The number of nitrogens with zero attached hydrogens (tertiary/aromatic N) is 1. The maximum Gasteiger partial charge on any atom is 0.161 e. The fourth-order valence-corrected chi connectivity index (χ4v) is 1.60. The average Bonchev–Trinajstić information content (AvgIpc) is 2.48. The van der Waals surface area contributed by atoms with Crippen LogP contribution in [0.3, 0.4) is 0 Å². The molecule has 0 aliphatic rings. The zero-order valence-electron chi connectivity index (χ0n) is 6.54. The number of rotatable bonds is 4. The molecule has 2 nitrogen and oxygen atoms in total. The Morgan fingerprint density at radius 1 is 1.73 bits per heavy atom. The normalized spacial score (nSPS) is 9.91. The third-order valence-electron chi connectivity index (χ3n) is 1.43. The molecule has 0 aliphatic heterocycles. The summed E-state index contributed by atoms with van der Waals surface area (Å²) in [4.78, 5) is 15.1. The molecule has 60 valence electrons. The predicted octanol–water partition coefficient (Wildman–Crippen LogP) is 2.30. The van der Waals surface area contributed by atoms with Crippen LogP contribution >= 0.6 is 11.3 Å². The molecule has 0 radical (unpaired) electrons. The van der Waals surface area contributed by atoms with Gasteiger partial charge in [-0.15, -0.1) is 11.3 Å². The topological polar surface area (TPSA) is 30.0 Å². The molecule has 0 aromatic carbocycles. The molecule has 1 aromatic rings. The summed E-state index contributed by atoms with van der Waals surface area (Å²) in [5, 5.41) is 1.08. The van der Waals surface area contributed by atoms with E-state index in [1.807, 2.05) is 0 Å². The molecular weight excluding hydrogens is 158 g/mol. The minimum Gasteiger partial charge on any atom is -0.297 e. The lowest BCUT2D eigenvalue weighted by Gasteiger charge is -1.89. The van der Waals surface area contributed by atoms with Gasteiger partial charge in [-0.3, -0.25) is 4.79 Å². The summed E-state index contributed by atoms with van der Waals surface area (Å²) in [7, 11) is 0. The standard InChI is InChI=1S/C8H11NOS/c1-2-3-4-8-9-5-7(6-10)11-8/h5-6H,2-4H2,1H3. The van der Waals surface area contributed by atoms with E-state index < -0.39 is 0 Å². The minimum absolute atomic E-state index is 0.733. The van der Waals surface area contributed by atoms with E-state index in [4.69, 9.17) is 0 Å². The first kappa shape index (κ1) is 8.40. The Bertz CT molecular complexity index is 232. The van der Waals surface area contributed by atoms with Gasteiger partial charge in [0.25, 0.3) is 0 Å². The van der Waals surface area contributed by atoms with Gasteiger partial charge < -0.3 is 0 Å². The van der Waals surface area contributed by atoms with Crippen LogP contribution < -0.4 is 0 Å². The minimum atomic E-state index is 0.733. The summed E-state index contributed by atoms with van der Waals surface area (Å²) in [6.45, 7) is 2.15. The van der Waals surface area contributed by atoms with Gasteiger partial charge >= 0.3 is 0 Å². The fraction of sp³-hybridized carbons (Fsp3) is 0.500. The van der Waals surface area contributed by atoms with Gasteiger partial charge in [-0.25, -0.2) is 4.98 Å². The Hall–Kier alpha value is -0.700. The summed E-state index contributed by atoms with van der Waals surface area (Å²) in [5.41, 5.74) is 0. The van der Waals surface area contributed by atoms with Crippen LogP contribution in [-0.4, -0.2) is 11.3 Å². The lowest BCUT2D eigenvalue weighted by molar-refractivity contribution is 0.112. The third-order valence-corrected chi connectivity index (χ3v) is 2.41. The van der Waals surface area contributed by atoms with Crippen LogP contribution in [-0.2, 0) is 6.42 Å². The number of hydrogen-bond donors (Lipinski definition) is 0. The van der Waals surface area contributed by atoms with Gasteiger partial charge in [-0.2, -0.15) is 0 Å². The van der Waals surface area contributed by atoms with Crippen molar-refractivity contribution in [1.29, 1.82) is 0 Å². The van der Waals surface area contributed by atoms with Gasteiger partial charge in [0.15, 0.2) is 6.29 Å². The van der Waals surface area contributed by atoms with E-state index >= 15 is 0 Å². The molecule has 0 saturated heterocycles. The van der Waals surface area contributed by atoms with E-state index in [-0.39, 0.29) is 0 Å². The molecule has 1 heterocycles. The van der Waals surface area contributed by atoms with Crippen molar-refractivity contribution in [3.8, 4) is 0 Å². The monoisotopic (exact) mass is 169 g/mol. The van der Waals surface area contributed by atoms with E-state index in [1.54, 1.807) is 6.20 Å². The molecule has 3 heteroatoms. The summed E-state index contributed by atoms with van der Waals surface area (Å²) in [6, 6.07) is 0. The van der Waals surface area contributed by atoms with Gasteiger partial charge in [0, 0.05) is 6.20 Å². The molecule has 0 unspecified atom stereocenters. The number of unbranched alkanes of at least 4 members (excludes halogenated alkanes) is 1. The maximum absolute atomic E-state index is 10.3. The molecule has 11 heavy (non-hydrogen) atoms. The Balaban J connectivity index is 2.51. The van der Waals surface area contributed by atoms with Crippen LogP contribution in [0.25, 0.3) is 0 Å². The first-order valence-corrected chi connectivity index (χ1v) is 4.58. The Kier molecular flexibility index (Phi) is 3.23. The van der Waals surface area contributed by atoms with E-state index in [2.05, 4.69) is 11.9 Å². The molecule has 0 atom stereocenters. The van der Waals surface area contributed by atoms with E-state index in [1.165, 1.54) is 17.8 Å². The molecule has 0 saturated carbocycles. The van der Waals surface area contributed by atoms with Gasteiger partial charge in [0.05, 0.1) is 9.88 Å². The van der Waals surface area contributed by atoms with Crippen LogP contribution in [0, 0.1) is 0 Å². The van der Waals surface area contributed by atoms with Gasteiger partial charge in [0.1, 0.15) is 0 Å². The fourth-order valence-electron chi connectivity index (χ4n) is 0.822. The van der Waals surface area contributed by atoms with Crippen LogP contribution in [0.5, 0.6) is 0 Å². The summed E-state index contributed by atoms with van der Waals surface area (Å²) in [6.07, 6.45) is 5.84. The second-order valence-electron chi connectivity index (χ2n) is 2.38.